The average Bonchev–Trinajstić information content (AvgIpc) is 2.92. The van der Waals surface area contributed by atoms with E-state index in [1.807, 2.05) is 27.7 Å². The summed E-state index contributed by atoms with van der Waals surface area (Å²) in [6.07, 6.45) is 1.32. The second kappa shape index (κ2) is 9.29. The number of aromatic nitrogens is 1. The van der Waals surface area contributed by atoms with Gasteiger partial charge in [-0.25, -0.2) is 4.98 Å². The van der Waals surface area contributed by atoms with Gasteiger partial charge in [-0.05, 0) is 11.8 Å². The van der Waals surface area contributed by atoms with Gasteiger partial charge in [0.1, 0.15) is 12.9 Å². The van der Waals surface area contributed by atoms with Gasteiger partial charge in [-0.1, -0.05) is 27.7 Å². The molecule has 0 bridgehead atoms. The van der Waals surface area contributed by atoms with E-state index in [0.29, 0.717) is 30.8 Å². The number of carbonyl (C=O) groups excluding carboxylic acids is 2. The number of methoxy groups -OCH3 is 1. The van der Waals surface area contributed by atoms with Crippen LogP contribution in [0.25, 0.3) is 0 Å². The molecule has 0 unspecified atom stereocenters. The van der Waals surface area contributed by atoms with Gasteiger partial charge < -0.3 is 19.4 Å². The summed E-state index contributed by atoms with van der Waals surface area (Å²) in [5.41, 5.74) is 0.226. The van der Waals surface area contributed by atoms with Crippen LogP contribution in [0.1, 0.15) is 44.1 Å². The Balaban J connectivity index is 2.70. The van der Waals surface area contributed by atoms with E-state index in [-0.39, 0.29) is 30.7 Å². The van der Waals surface area contributed by atoms with Crippen LogP contribution in [0.3, 0.4) is 0 Å². The first kappa shape index (κ1) is 19.2. The Kier molecular flexibility index (Phi) is 7.74. The minimum absolute atomic E-state index is 0.00909. The van der Waals surface area contributed by atoms with Crippen molar-refractivity contribution in [3.05, 3.63) is 17.8 Å². The number of hydrogen-bond acceptors (Lipinski definition) is 5. The summed E-state index contributed by atoms with van der Waals surface area (Å²) in [4.78, 5) is 29.8. The summed E-state index contributed by atoms with van der Waals surface area (Å²) < 4.78 is 10.2. The zero-order valence-corrected chi connectivity index (χ0v) is 14.6. The molecule has 1 heterocycles. The van der Waals surface area contributed by atoms with E-state index in [1.165, 1.54) is 13.4 Å². The summed E-state index contributed by atoms with van der Waals surface area (Å²) >= 11 is 0. The van der Waals surface area contributed by atoms with Gasteiger partial charge in [-0.2, -0.15) is 0 Å². The van der Waals surface area contributed by atoms with E-state index in [9.17, 15) is 9.59 Å². The molecule has 0 fully saturated rings. The van der Waals surface area contributed by atoms with Crippen LogP contribution in [-0.4, -0.2) is 48.5 Å². The number of rotatable bonds is 9. The van der Waals surface area contributed by atoms with Crippen molar-refractivity contribution in [2.45, 2.75) is 34.2 Å². The fourth-order valence-electron chi connectivity index (χ4n) is 1.95. The number of oxazole rings is 1. The highest BCUT2D eigenvalue weighted by Crippen LogP contribution is 2.09. The van der Waals surface area contributed by atoms with Crippen molar-refractivity contribution in [1.29, 1.82) is 0 Å². The third-order valence-corrected chi connectivity index (χ3v) is 2.99. The molecular weight excluding hydrogens is 298 g/mol. The van der Waals surface area contributed by atoms with E-state index in [0.717, 1.165) is 0 Å². The Morgan fingerprint density at radius 3 is 2.57 bits per heavy atom. The summed E-state index contributed by atoms with van der Waals surface area (Å²) in [7, 11) is 1.48. The van der Waals surface area contributed by atoms with Gasteiger partial charge in [0.05, 0.1) is 6.54 Å². The molecule has 0 radical (unpaired) electrons. The van der Waals surface area contributed by atoms with Crippen molar-refractivity contribution in [2.24, 2.45) is 11.8 Å². The molecule has 23 heavy (non-hydrogen) atoms. The van der Waals surface area contributed by atoms with Crippen LogP contribution in [0, 0.1) is 11.8 Å². The van der Waals surface area contributed by atoms with Gasteiger partial charge in [-0.3, -0.25) is 9.59 Å². The second-order valence-corrected chi connectivity index (χ2v) is 6.33. The first-order valence-corrected chi connectivity index (χ1v) is 7.82. The van der Waals surface area contributed by atoms with Gasteiger partial charge in [0.25, 0.3) is 5.91 Å². The lowest BCUT2D eigenvalue weighted by Crippen LogP contribution is -2.36. The molecule has 7 nitrogen and oxygen atoms in total. The van der Waals surface area contributed by atoms with E-state index in [1.54, 1.807) is 4.90 Å². The minimum atomic E-state index is -0.271. The Hall–Kier alpha value is -1.89. The number of nitrogens with one attached hydrogen (secondary N) is 1. The SMILES string of the molecule is COCC(=O)N(Cc1nc(C(=O)NCC(C)C)co1)CC(C)C. The Bertz CT molecular complexity index is 511. The molecule has 1 aromatic heterocycles. The highest BCUT2D eigenvalue weighted by atomic mass is 16.5. The van der Waals surface area contributed by atoms with Crippen LogP contribution in [-0.2, 0) is 16.1 Å². The lowest BCUT2D eigenvalue weighted by atomic mass is 10.2. The second-order valence-electron chi connectivity index (χ2n) is 6.33. The topological polar surface area (TPSA) is 84.7 Å². The molecule has 0 aliphatic heterocycles. The van der Waals surface area contributed by atoms with Gasteiger partial charge >= 0.3 is 0 Å². The lowest BCUT2D eigenvalue weighted by molar-refractivity contribution is -0.136. The fraction of sp³-hybridized carbons (Fsp3) is 0.688. The zero-order valence-electron chi connectivity index (χ0n) is 14.6. The van der Waals surface area contributed by atoms with E-state index in [2.05, 4.69) is 10.3 Å². The largest absolute Gasteiger partial charge is 0.446 e. The molecule has 0 saturated heterocycles. The van der Waals surface area contributed by atoms with Gasteiger partial charge in [0.15, 0.2) is 5.69 Å². The van der Waals surface area contributed by atoms with Crippen molar-refractivity contribution in [3.8, 4) is 0 Å². The molecule has 2 amide bonds. The monoisotopic (exact) mass is 325 g/mol. The maximum Gasteiger partial charge on any atom is 0.273 e. The molecule has 7 heteroatoms. The summed E-state index contributed by atoms with van der Waals surface area (Å²) in [6.45, 7) is 9.44. The summed E-state index contributed by atoms with van der Waals surface area (Å²) in [6, 6.07) is 0. The van der Waals surface area contributed by atoms with Crippen LogP contribution in [0.4, 0.5) is 0 Å². The average molecular weight is 325 g/mol. The molecule has 0 saturated carbocycles. The first-order chi connectivity index (χ1) is 10.8. The molecule has 0 spiro atoms. The Morgan fingerprint density at radius 1 is 1.30 bits per heavy atom. The molecule has 1 aromatic rings. The molecule has 0 atom stereocenters. The maximum atomic E-state index is 12.1. The quantitative estimate of drug-likeness (QED) is 0.747. The van der Waals surface area contributed by atoms with Crippen molar-refractivity contribution in [2.75, 3.05) is 26.8 Å². The van der Waals surface area contributed by atoms with Crippen LogP contribution >= 0.6 is 0 Å². The number of ether oxygens (including phenoxy) is 1. The van der Waals surface area contributed by atoms with Gasteiger partial charge in [0.2, 0.25) is 11.8 Å². The molecule has 0 aromatic carbocycles. The fourth-order valence-corrected chi connectivity index (χ4v) is 1.95. The van der Waals surface area contributed by atoms with Crippen LogP contribution in [0.15, 0.2) is 10.7 Å². The standard InChI is InChI=1S/C16H27N3O4/c1-11(2)6-17-16(21)13-9-23-14(18-13)8-19(7-12(3)4)15(20)10-22-5/h9,11-12H,6-8,10H2,1-5H3,(H,17,21). The molecule has 0 aliphatic carbocycles. The Morgan fingerprint density at radius 2 is 2.00 bits per heavy atom. The molecule has 130 valence electrons. The van der Waals surface area contributed by atoms with E-state index >= 15 is 0 Å². The van der Waals surface area contributed by atoms with Gasteiger partial charge in [-0.15, -0.1) is 0 Å². The van der Waals surface area contributed by atoms with Gasteiger partial charge in [0, 0.05) is 20.2 Å². The van der Waals surface area contributed by atoms with Crippen LogP contribution in [0.2, 0.25) is 0 Å². The first-order valence-electron chi connectivity index (χ1n) is 7.82. The predicted molar refractivity (Wildman–Crippen MR) is 85.8 cm³/mol. The summed E-state index contributed by atoms with van der Waals surface area (Å²) in [5, 5.41) is 2.78. The number of carbonyl (C=O) groups is 2. The maximum absolute atomic E-state index is 12.1. The molecule has 1 rings (SSSR count). The smallest absolute Gasteiger partial charge is 0.273 e. The van der Waals surface area contributed by atoms with Crippen molar-refractivity contribution < 1.29 is 18.7 Å². The normalized spacial score (nSPS) is 11.1. The van der Waals surface area contributed by atoms with Crippen molar-refractivity contribution in [3.63, 3.8) is 0 Å². The molecule has 1 N–H and O–H groups in total. The van der Waals surface area contributed by atoms with Crippen molar-refractivity contribution >= 4 is 11.8 Å². The highest BCUT2D eigenvalue weighted by Gasteiger charge is 2.19. The van der Waals surface area contributed by atoms with Crippen LogP contribution in [0.5, 0.6) is 0 Å². The molecular formula is C16H27N3O4. The predicted octanol–water partition coefficient (Wildman–Crippen LogP) is 1.69. The number of hydrogen-bond donors (Lipinski definition) is 1. The molecule has 0 aliphatic rings. The third-order valence-electron chi connectivity index (χ3n) is 2.99. The van der Waals surface area contributed by atoms with Crippen LogP contribution < -0.4 is 5.32 Å². The van der Waals surface area contributed by atoms with Crippen molar-refractivity contribution in [1.82, 2.24) is 15.2 Å². The lowest BCUT2D eigenvalue weighted by Gasteiger charge is -2.22. The third kappa shape index (κ3) is 6.81. The Labute approximate surface area is 137 Å². The van der Waals surface area contributed by atoms with E-state index in [4.69, 9.17) is 9.15 Å². The summed E-state index contributed by atoms with van der Waals surface area (Å²) in [5.74, 6) is 0.598. The highest BCUT2D eigenvalue weighted by molar-refractivity contribution is 5.91. The number of amides is 2. The number of nitrogens with zero attached hydrogens (tertiary/aromatic N) is 2. The minimum Gasteiger partial charge on any atom is -0.446 e. The zero-order chi connectivity index (χ0) is 17.4. The van der Waals surface area contributed by atoms with E-state index < -0.39 is 0 Å².